The van der Waals surface area contributed by atoms with E-state index in [1.807, 2.05) is 0 Å². The van der Waals surface area contributed by atoms with Crippen LogP contribution in [0.3, 0.4) is 0 Å². The van der Waals surface area contributed by atoms with Crippen molar-refractivity contribution < 1.29 is 9.72 Å². The van der Waals surface area contributed by atoms with Gasteiger partial charge in [-0.3, -0.25) is 19.8 Å². The number of amides is 1. The Hall–Kier alpha value is -3.22. The Morgan fingerprint density at radius 3 is 2.55 bits per heavy atom. The molecular formula is C15H14N4O3. The van der Waals surface area contributed by atoms with Gasteiger partial charge in [-0.1, -0.05) is 18.7 Å². The fourth-order valence-electron chi connectivity index (χ4n) is 2.00. The number of anilines is 3. The summed E-state index contributed by atoms with van der Waals surface area (Å²) in [6, 6.07) is 9.35. The molecular weight excluding hydrogens is 284 g/mol. The van der Waals surface area contributed by atoms with Crippen molar-refractivity contribution >= 4 is 29.3 Å². The highest BCUT2D eigenvalue weighted by Gasteiger charge is 2.22. The maximum absolute atomic E-state index is 11.6. The van der Waals surface area contributed by atoms with Gasteiger partial charge in [-0.2, -0.15) is 0 Å². The molecule has 112 valence electrons. The summed E-state index contributed by atoms with van der Waals surface area (Å²) in [7, 11) is 1.72. The van der Waals surface area contributed by atoms with Crippen molar-refractivity contribution in [2.75, 3.05) is 16.8 Å². The molecule has 22 heavy (non-hydrogen) atoms. The summed E-state index contributed by atoms with van der Waals surface area (Å²) in [5.41, 5.74) is 0.439. The molecule has 0 unspecified atom stereocenters. The van der Waals surface area contributed by atoms with Crippen molar-refractivity contribution in [3.8, 4) is 0 Å². The molecule has 0 N–H and O–H groups in total. The molecule has 0 aliphatic carbocycles. The van der Waals surface area contributed by atoms with Crippen LogP contribution in [-0.4, -0.2) is 23.4 Å². The van der Waals surface area contributed by atoms with Crippen LogP contribution in [0.25, 0.3) is 0 Å². The first-order chi connectivity index (χ1) is 10.6. The van der Waals surface area contributed by atoms with E-state index in [9.17, 15) is 14.9 Å². The van der Waals surface area contributed by atoms with Crippen molar-refractivity contribution in [3.05, 3.63) is 65.5 Å². The van der Waals surface area contributed by atoms with Crippen molar-refractivity contribution in [1.29, 1.82) is 0 Å². The number of aromatic nitrogens is 1. The van der Waals surface area contributed by atoms with Crippen LogP contribution in [0.2, 0.25) is 0 Å². The number of pyridine rings is 1. The highest BCUT2D eigenvalue weighted by atomic mass is 16.6. The van der Waals surface area contributed by atoms with E-state index in [2.05, 4.69) is 11.6 Å². The van der Waals surface area contributed by atoms with E-state index >= 15 is 0 Å². The maximum atomic E-state index is 11.6. The van der Waals surface area contributed by atoms with Gasteiger partial charge in [-0.05, 0) is 24.4 Å². The van der Waals surface area contributed by atoms with Gasteiger partial charge in [-0.25, -0.2) is 4.98 Å². The minimum atomic E-state index is -0.529. The Morgan fingerprint density at radius 1 is 1.23 bits per heavy atom. The number of carbonyl (C=O) groups excluding carboxylic acids is 1. The van der Waals surface area contributed by atoms with Crippen LogP contribution < -0.4 is 9.80 Å². The van der Waals surface area contributed by atoms with Gasteiger partial charge in [0.05, 0.1) is 10.6 Å². The molecule has 0 radical (unpaired) electrons. The van der Waals surface area contributed by atoms with E-state index in [-0.39, 0.29) is 11.4 Å². The van der Waals surface area contributed by atoms with Crippen molar-refractivity contribution in [3.63, 3.8) is 0 Å². The van der Waals surface area contributed by atoms with Crippen molar-refractivity contribution in [2.24, 2.45) is 0 Å². The fourth-order valence-corrected chi connectivity index (χ4v) is 2.00. The number of nitro groups is 1. The number of nitrogens with zero attached hydrogens (tertiary/aromatic N) is 4. The van der Waals surface area contributed by atoms with Gasteiger partial charge in [0.1, 0.15) is 5.69 Å². The smallest absolute Gasteiger partial charge is 0.293 e. The Morgan fingerprint density at radius 2 is 1.91 bits per heavy atom. The second-order valence-electron chi connectivity index (χ2n) is 4.36. The lowest BCUT2D eigenvalue weighted by atomic mass is 10.2. The van der Waals surface area contributed by atoms with E-state index in [1.54, 1.807) is 42.4 Å². The molecule has 0 aliphatic heterocycles. The van der Waals surface area contributed by atoms with Gasteiger partial charge in [-0.15, -0.1) is 0 Å². The van der Waals surface area contributed by atoms with Crippen LogP contribution in [0.5, 0.6) is 0 Å². The predicted octanol–water partition coefficient (Wildman–Crippen LogP) is 2.86. The lowest BCUT2D eigenvalue weighted by Gasteiger charge is -2.23. The molecule has 0 bridgehead atoms. The summed E-state index contributed by atoms with van der Waals surface area (Å²) in [4.78, 5) is 29.2. The summed E-state index contributed by atoms with van der Waals surface area (Å²) in [6.45, 7) is 3.65. The molecule has 2 rings (SSSR count). The quantitative estimate of drug-likeness (QED) is 0.465. The first-order valence-corrected chi connectivity index (χ1v) is 6.38. The van der Waals surface area contributed by atoms with Gasteiger partial charge in [0, 0.05) is 19.3 Å². The number of para-hydroxylation sites is 2. The van der Waals surface area contributed by atoms with Crippen LogP contribution in [0, 0.1) is 10.1 Å². The average molecular weight is 298 g/mol. The molecule has 0 spiro atoms. The predicted molar refractivity (Wildman–Crippen MR) is 84.1 cm³/mol. The zero-order chi connectivity index (χ0) is 16.1. The molecule has 0 atom stereocenters. The summed E-state index contributed by atoms with van der Waals surface area (Å²) in [6.07, 6.45) is 3.63. The number of nitro benzene ring substituents is 1. The molecule has 7 heteroatoms. The normalized spacial score (nSPS) is 9.86. The molecule has 0 fully saturated rings. The zero-order valence-electron chi connectivity index (χ0n) is 11.9. The van der Waals surface area contributed by atoms with Gasteiger partial charge < -0.3 is 4.90 Å². The minimum absolute atomic E-state index is 0.161. The third-order valence-electron chi connectivity index (χ3n) is 3.08. The number of carbonyl (C=O) groups is 1. The van der Waals surface area contributed by atoms with Crippen molar-refractivity contribution in [1.82, 2.24) is 4.98 Å². The Kier molecular flexibility index (Phi) is 4.47. The van der Waals surface area contributed by atoms with Crippen molar-refractivity contribution in [2.45, 2.75) is 0 Å². The van der Waals surface area contributed by atoms with E-state index in [1.165, 1.54) is 23.2 Å². The SMILES string of the molecule is C=CN(C)c1ncccc1N(C=O)c1ccccc1[N+](=O)[O-]. The monoisotopic (exact) mass is 298 g/mol. The van der Waals surface area contributed by atoms with Gasteiger partial charge >= 0.3 is 0 Å². The molecule has 7 nitrogen and oxygen atoms in total. The summed E-state index contributed by atoms with van der Waals surface area (Å²) in [5.74, 6) is 0.461. The summed E-state index contributed by atoms with van der Waals surface area (Å²) in [5, 5.41) is 11.2. The van der Waals surface area contributed by atoms with Crippen LogP contribution in [0.4, 0.5) is 22.9 Å². The highest BCUT2D eigenvalue weighted by Crippen LogP contribution is 2.36. The third-order valence-corrected chi connectivity index (χ3v) is 3.08. The maximum Gasteiger partial charge on any atom is 0.293 e. The lowest BCUT2D eigenvalue weighted by molar-refractivity contribution is -0.384. The highest BCUT2D eigenvalue weighted by molar-refractivity contribution is 5.94. The molecule has 2 aromatic rings. The molecule has 1 aromatic carbocycles. The van der Waals surface area contributed by atoms with Gasteiger partial charge in [0.15, 0.2) is 5.82 Å². The van der Waals surface area contributed by atoms with Crippen LogP contribution in [0.15, 0.2) is 55.4 Å². The van der Waals surface area contributed by atoms with Gasteiger partial charge in [0.25, 0.3) is 5.69 Å². The average Bonchev–Trinajstić information content (AvgIpc) is 2.55. The second-order valence-corrected chi connectivity index (χ2v) is 4.36. The zero-order valence-corrected chi connectivity index (χ0v) is 11.9. The molecule has 1 heterocycles. The second kappa shape index (κ2) is 6.49. The van der Waals surface area contributed by atoms with Gasteiger partial charge in [0.2, 0.25) is 6.41 Å². The number of benzene rings is 1. The Labute approximate surface area is 127 Å². The number of hydrogen-bond acceptors (Lipinski definition) is 5. The summed E-state index contributed by atoms with van der Waals surface area (Å²) < 4.78 is 0. The van der Waals surface area contributed by atoms with Crippen LogP contribution >= 0.6 is 0 Å². The summed E-state index contributed by atoms with van der Waals surface area (Å²) >= 11 is 0. The van der Waals surface area contributed by atoms with Crippen LogP contribution in [-0.2, 0) is 4.79 Å². The Balaban J connectivity index is 2.62. The van der Waals surface area contributed by atoms with E-state index in [0.29, 0.717) is 17.9 Å². The largest absolute Gasteiger partial charge is 0.335 e. The van der Waals surface area contributed by atoms with E-state index < -0.39 is 4.92 Å². The van der Waals surface area contributed by atoms with E-state index in [4.69, 9.17) is 0 Å². The first-order valence-electron chi connectivity index (χ1n) is 6.38. The number of rotatable bonds is 6. The molecule has 0 aliphatic rings. The molecule has 0 saturated carbocycles. The standard InChI is InChI=1S/C15H14N4O3/c1-3-17(2)15-14(9-6-10-16-15)18(11-20)12-7-4-5-8-13(12)19(21)22/h3-11H,1H2,2H3. The lowest BCUT2D eigenvalue weighted by Crippen LogP contribution is -2.20. The van der Waals surface area contributed by atoms with E-state index in [0.717, 1.165) is 0 Å². The molecule has 1 aromatic heterocycles. The first kappa shape index (κ1) is 15.2. The molecule has 0 saturated heterocycles. The molecule has 1 amide bonds. The fraction of sp³-hybridized carbons (Fsp3) is 0.0667. The minimum Gasteiger partial charge on any atom is -0.335 e. The Bertz CT molecular complexity index is 717. The van der Waals surface area contributed by atoms with Crippen LogP contribution in [0.1, 0.15) is 0 Å². The third kappa shape index (κ3) is 2.78. The number of hydrogen-bond donors (Lipinski definition) is 0. The topological polar surface area (TPSA) is 79.6 Å².